The van der Waals surface area contributed by atoms with Gasteiger partial charge in [-0.15, -0.1) is 11.3 Å². The van der Waals surface area contributed by atoms with Crippen LogP contribution in [0.3, 0.4) is 0 Å². The zero-order valence-electron chi connectivity index (χ0n) is 24.0. The van der Waals surface area contributed by atoms with Gasteiger partial charge < -0.3 is 24.2 Å². The van der Waals surface area contributed by atoms with Crippen molar-refractivity contribution in [3.05, 3.63) is 71.2 Å². The number of carbonyl (C=O) groups excluding carboxylic acids is 1. The molecule has 42 heavy (non-hydrogen) atoms. The predicted octanol–water partition coefficient (Wildman–Crippen LogP) is 8.29. The number of hydrogen-bond acceptors (Lipinski definition) is 7. The second kappa shape index (κ2) is 11.8. The summed E-state index contributed by atoms with van der Waals surface area (Å²) in [4.78, 5) is 17.5. The van der Waals surface area contributed by atoms with E-state index >= 15 is 0 Å². The summed E-state index contributed by atoms with van der Waals surface area (Å²) < 4.78 is 20.3. The quantitative estimate of drug-likeness (QED) is 0.226. The van der Waals surface area contributed by atoms with E-state index in [2.05, 4.69) is 33.0 Å². The Hall–Kier alpha value is -3.27. The van der Waals surface area contributed by atoms with Crippen LogP contribution in [0.5, 0.6) is 23.0 Å². The second-order valence-electron chi connectivity index (χ2n) is 11.9. The van der Waals surface area contributed by atoms with E-state index in [0.29, 0.717) is 6.04 Å². The van der Waals surface area contributed by atoms with Gasteiger partial charge in [0.25, 0.3) is 0 Å². The molecule has 0 bridgehead atoms. The molecule has 1 amide bonds. The molecule has 4 aromatic rings. The molecular formula is C33H35BrN2O5S. The number of hydrogen-bond donors (Lipinski definition) is 1. The number of ether oxygens (including phenoxy) is 3. The highest BCUT2D eigenvalue weighted by Gasteiger charge is 2.38. The van der Waals surface area contributed by atoms with E-state index in [4.69, 9.17) is 14.2 Å². The van der Waals surface area contributed by atoms with Crippen LogP contribution in [0.1, 0.15) is 33.6 Å². The number of phenolic OH excluding ortho intramolecular Hbond substituents is 1. The molecule has 7 nitrogen and oxygen atoms in total. The van der Waals surface area contributed by atoms with Gasteiger partial charge in [0.15, 0.2) is 5.75 Å². The number of likely N-dealkylation sites (tertiary alicyclic amines) is 2. The Bertz CT molecular complexity index is 1550. The van der Waals surface area contributed by atoms with E-state index in [1.807, 2.05) is 63.2 Å². The van der Waals surface area contributed by atoms with Crippen molar-refractivity contribution in [2.75, 3.05) is 26.2 Å². The third kappa shape index (κ3) is 6.53. The van der Waals surface area contributed by atoms with Gasteiger partial charge in [-0.25, -0.2) is 4.79 Å². The molecule has 6 rings (SSSR count). The molecule has 9 heteroatoms. The summed E-state index contributed by atoms with van der Waals surface area (Å²) in [5.74, 6) is 2.57. The van der Waals surface area contributed by atoms with Crippen LogP contribution in [0.25, 0.3) is 20.5 Å². The number of benzene rings is 3. The third-order valence-electron chi connectivity index (χ3n) is 7.59. The van der Waals surface area contributed by atoms with Crippen molar-refractivity contribution < 1.29 is 24.1 Å². The highest BCUT2D eigenvalue weighted by Crippen LogP contribution is 2.47. The van der Waals surface area contributed by atoms with Crippen LogP contribution in [-0.4, -0.2) is 64.9 Å². The van der Waals surface area contributed by atoms with E-state index in [9.17, 15) is 9.90 Å². The smallest absolute Gasteiger partial charge is 0.410 e. The van der Waals surface area contributed by atoms with Gasteiger partial charge in [0, 0.05) is 46.8 Å². The number of piperidine rings is 1. The van der Waals surface area contributed by atoms with Gasteiger partial charge in [0.2, 0.25) is 0 Å². The van der Waals surface area contributed by atoms with E-state index < -0.39 is 5.60 Å². The number of rotatable bonds is 6. The molecule has 0 radical (unpaired) electrons. The van der Waals surface area contributed by atoms with Crippen LogP contribution in [0, 0.1) is 0 Å². The Morgan fingerprint density at radius 1 is 0.952 bits per heavy atom. The molecule has 1 aromatic heterocycles. The summed E-state index contributed by atoms with van der Waals surface area (Å²) in [6.45, 7) is 9.06. The number of halogens is 1. The van der Waals surface area contributed by atoms with Gasteiger partial charge in [0.1, 0.15) is 29.0 Å². The fourth-order valence-corrected chi connectivity index (χ4v) is 6.80. The monoisotopic (exact) mass is 650 g/mol. The highest BCUT2D eigenvalue weighted by molar-refractivity contribution is 9.10. The predicted molar refractivity (Wildman–Crippen MR) is 170 cm³/mol. The standard InChI is InChI=1S/C33H35BrN2O5S/c1-33(2,3)41-32(38)36-19-23(20-36)35-16-14-27(15-17-35)39-25-9-11-26(12-10-25)40-30-28-13-8-24(37)18-29(28)42-31(30)21-4-6-22(34)7-5-21/h4-13,18,23,27,37H,14-17,19-20H2,1-3H3. The van der Waals surface area contributed by atoms with Gasteiger partial charge in [-0.05, 0) is 93.8 Å². The van der Waals surface area contributed by atoms with Crippen LogP contribution < -0.4 is 9.47 Å². The van der Waals surface area contributed by atoms with Crippen molar-refractivity contribution in [1.82, 2.24) is 9.80 Å². The van der Waals surface area contributed by atoms with Crippen molar-refractivity contribution in [2.24, 2.45) is 0 Å². The maximum atomic E-state index is 12.2. The minimum Gasteiger partial charge on any atom is -0.508 e. The number of carbonyl (C=O) groups is 1. The van der Waals surface area contributed by atoms with Gasteiger partial charge in [0.05, 0.1) is 4.88 Å². The van der Waals surface area contributed by atoms with E-state index in [-0.39, 0.29) is 17.9 Å². The summed E-state index contributed by atoms with van der Waals surface area (Å²) in [5.41, 5.74) is 0.591. The third-order valence-corrected chi connectivity index (χ3v) is 9.30. The van der Waals surface area contributed by atoms with E-state index in [1.54, 1.807) is 28.4 Å². The lowest BCUT2D eigenvalue weighted by Crippen LogP contribution is -2.63. The lowest BCUT2D eigenvalue weighted by Gasteiger charge is -2.47. The molecule has 220 valence electrons. The maximum absolute atomic E-state index is 12.2. The van der Waals surface area contributed by atoms with E-state index in [0.717, 1.165) is 81.3 Å². The number of nitrogens with zero attached hydrogens (tertiary/aromatic N) is 2. The minimum absolute atomic E-state index is 0.160. The topological polar surface area (TPSA) is 71.5 Å². The molecule has 0 unspecified atom stereocenters. The average Bonchev–Trinajstić information content (AvgIpc) is 3.26. The number of phenols is 1. The Balaban J connectivity index is 1.05. The summed E-state index contributed by atoms with van der Waals surface area (Å²) in [6.07, 6.45) is 1.84. The van der Waals surface area contributed by atoms with Gasteiger partial charge in [-0.2, -0.15) is 0 Å². The van der Waals surface area contributed by atoms with Crippen LogP contribution >= 0.6 is 27.3 Å². The summed E-state index contributed by atoms with van der Waals surface area (Å²) >= 11 is 5.11. The molecule has 1 N–H and O–H groups in total. The molecule has 0 atom stereocenters. The van der Waals surface area contributed by atoms with Crippen molar-refractivity contribution in [3.63, 3.8) is 0 Å². The SMILES string of the molecule is CC(C)(C)OC(=O)N1CC(N2CCC(Oc3ccc(Oc4c(-c5ccc(Br)cc5)sc5cc(O)ccc45)cc3)CC2)C1. The fourth-order valence-electron chi connectivity index (χ4n) is 5.37. The maximum Gasteiger partial charge on any atom is 0.410 e. The minimum atomic E-state index is -0.464. The Kier molecular flexibility index (Phi) is 8.09. The molecule has 0 saturated carbocycles. The first kappa shape index (κ1) is 28.8. The molecule has 2 aliphatic heterocycles. The van der Waals surface area contributed by atoms with E-state index in [1.165, 1.54) is 0 Å². The molecule has 2 fully saturated rings. The first-order chi connectivity index (χ1) is 20.1. The average molecular weight is 652 g/mol. The first-order valence-corrected chi connectivity index (χ1v) is 15.9. The van der Waals surface area contributed by atoms with Gasteiger partial charge in [-0.1, -0.05) is 28.1 Å². The molecule has 2 aliphatic rings. The fraction of sp³-hybridized carbons (Fsp3) is 0.364. The van der Waals surface area contributed by atoms with Crippen molar-refractivity contribution in [1.29, 1.82) is 0 Å². The summed E-state index contributed by atoms with van der Waals surface area (Å²) in [5, 5.41) is 11.0. The lowest BCUT2D eigenvalue weighted by atomic mass is 10.0. The zero-order chi connectivity index (χ0) is 29.4. The number of thiophene rings is 1. The normalized spacial score (nSPS) is 16.8. The Morgan fingerprint density at radius 3 is 2.29 bits per heavy atom. The van der Waals surface area contributed by atoms with Crippen LogP contribution in [0.2, 0.25) is 0 Å². The van der Waals surface area contributed by atoms with Crippen molar-refractivity contribution in [2.45, 2.75) is 51.4 Å². The van der Waals surface area contributed by atoms with Gasteiger partial charge in [-0.3, -0.25) is 4.90 Å². The van der Waals surface area contributed by atoms with Crippen LogP contribution in [-0.2, 0) is 4.74 Å². The molecule has 3 aromatic carbocycles. The van der Waals surface area contributed by atoms with Crippen LogP contribution in [0.4, 0.5) is 4.79 Å². The second-order valence-corrected chi connectivity index (χ2v) is 13.9. The number of aromatic hydroxyl groups is 1. The summed E-state index contributed by atoms with van der Waals surface area (Å²) in [6, 6.07) is 21.7. The van der Waals surface area contributed by atoms with Crippen molar-refractivity contribution >= 4 is 43.4 Å². The van der Waals surface area contributed by atoms with Gasteiger partial charge >= 0.3 is 6.09 Å². The van der Waals surface area contributed by atoms with Crippen molar-refractivity contribution in [3.8, 4) is 33.4 Å². The number of amides is 1. The Labute approximate surface area is 258 Å². The molecule has 2 saturated heterocycles. The summed E-state index contributed by atoms with van der Waals surface area (Å²) in [7, 11) is 0. The highest BCUT2D eigenvalue weighted by atomic mass is 79.9. The lowest BCUT2D eigenvalue weighted by molar-refractivity contribution is -0.0262. The Morgan fingerprint density at radius 2 is 1.62 bits per heavy atom. The van der Waals surface area contributed by atoms with Crippen LogP contribution in [0.15, 0.2) is 71.2 Å². The molecule has 0 aliphatic carbocycles. The molecule has 0 spiro atoms. The molecule has 3 heterocycles. The largest absolute Gasteiger partial charge is 0.508 e. The number of fused-ring (bicyclic) bond motifs is 1. The first-order valence-electron chi connectivity index (χ1n) is 14.3. The zero-order valence-corrected chi connectivity index (χ0v) is 26.4. The molecular weight excluding hydrogens is 616 g/mol.